The topological polar surface area (TPSA) is 79.8 Å². The van der Waals surface area contributed by atoms with Crippen LogP contribution >= 0.6 is 11.3 Å². The second-order valence-corrected chi connectivity index (χ2v) is 4.31. The van der Waals surface area contributed by atoms with Crippen LogP contribution in [0.2, 0.25) is 0 Å². The summed E-state index contributed by atoms with van der Waals surface area (Å²) in [6, 6.07) is 3.76. The van der Waals surface area contributed by atoms with Gasteiger partial charge in [0.25, 0.3) is 0 Å². The number of amides is 2. The number of hydrazone groups is 1. The number of nitrogens with one attached hydrogen (secondary N) is 2. The van der Waals surface area contributed by atoms with E-state index in [1.165, 1.54) is 24.7 Å². The van der Waals surface area contributed by atoms with E-state index in [0.29, 0.717) is 13.2 Å². The van der Waals surface area contributed by atoms with Crippen molar-refractivity contribution in [3.05, 3.63) is 22.4 Å². The monoisotopic (exact) mass is 269 g/mol. The first kappa shape index (κ1) is 14.3. The zero-order chi connectivity index (χ0) is 13.2. The van der Waals surface area contributed by atoms with Gasteiger partial charge in [-0.1, -0.05) is 6.07 Å². The summed E-state index contributed by atoms with van der Waals surface area (Å²) in [5, 5.41) is 8.20. The molecule has 0 atom stereocenters. The number of thiophene rings is 1. The van der Waals surface area contributed by atoms with E-state index in [0.717, 1.165) is 4.88 Å². The third-order valence-corrected chi connectivity index (χ3v) is 2.68. The molecule has 1 heterocycles. The van der Waals surface area contributed by atoms with Gasteiger partial charge < -0.3 is 10.1 Å². The number of nitrogens with zero attached hydrogens (tertiary/aromatic N) is 1. The van der Waals surface area contributed by atoms with Crippen LogP contribution in [-0.4, -0.2) is 38.3 Å². The fourth-order valence-corrected chi connectivity index (χ4v) is 1.66. The van der Waals surface area contributed by atoms with Gasteiger partial charge in [0, 0.05) is 18.5 Å². The fraction of sp³-hybridized carbons (Fsp3) is 0.364. The largest absolute Gasteiger partial charge is 0.383 e. The molecular formula is C11H15N3O3S. The van der Waals surface area contributed by atoms with Crippen molar-refractivity contribution in [2.75, 3.05) is 20.3 Å². The van der Waals surface area contributed by atoms with Crippen LogP contribution in [0.25, 0.3) is 0 Å². The lowest BCUT2D eigenvalue weighted by Gasteiger charge is -2.03. The van der Waals surface area contributed by atoms with E-state index in [4.69, 9.17) is 4.74 Å². The van der Waals surface area contributed by atoms with E-state index in [1.807, 2.05) is 17.5 Å². The maximum Gasteiger partial charge on any atom is 0.249 e. The predicted molar refractivity (Wildman–Crippen MR) is 69.6 cm³/mol. The van der Waals surface area contributed by atoms with E-state index >= 15 is 0 Å². The van der Waals surface area contributed by atoms with Crippen LogP contribution in [0.3, 0.4) is 0 Å². The van der Waals surface area contributed by atoms with E-state index in [-0.39, 0.29) is 12.3 Å². The molecule has 2 amide bonds. The third kappa shape index (κ3) is 6.12. The van der Waals surface area contributed by atoms with E-state index in [1.54, 1.807) is 0 Å². The summed E-state index contributed by atoms with van der Waals surface area (Å²) >= 11 is 1.51. The standard InChI is InChI=1S/C11H15N3O3S/c1-17-5-4-12-10(15)7-11(16)14-13-8-9-3-2-6-18-9/h2-3,6,8H,4-5,7H2,1H3,(H,12,15)(H,14,16)/b13-8-. The number of hydrogen-bond acceptors (Lipinski definition) is 5. The van der Waals surface area contributed by atoms with Crippen LogP contribution in [0.4, 0.5) is 0 Å². The molecule has 1 aromatic rings. The van der Waals surface area contributed by atoms with Gasteiger partial charge in [-0.05, 0) is 11.4 Å². The van der Waals surface area contributed by atoms with Crippen molar-refractivity contribution in [1.29, 1.82) is 0 Å². The van der Waals surface area contributed by atoms with E-state index in [9.17, 15) is 9.59 Å². The second kappa shape index (κ2) is 8.37. The lowest BCUT2D eigenvalue weighted by molar-refractivity contribution is -0.129. The number of ether oxygens (including phenoxy) is 1. The minimum absolute atomic E-state index is 0.245. The summed E-state index contributed by atoms with van der Waals surface area (Å²) in [7, 11) is 1.54. The Balaban J connectivity index is 2.19. The normalized spacial score (nSPS) is 10.5. The first-order valence-corrected chi connectivity index (χ1v) is 6.21. The first-order chi connectivity index (χ1) is 8.72. The average Bonchev–Trinajstić information content (AvgIpc) is 2.82. The number of rotatable bonds is 7. The van der Waals surface area contributed by atoms with Crippen molar-refractivity contribution in [2.45, 2.75) is 6.42 Å². The Kier molecular flexibility index (Phi) is 6.67. The molecule has 0 spiro atoms. The summed E-state index contributed by atoms with van der Waals surface area (Å²) in [5.74, 6) is -0.798. The van der Waals surface area contributed by atoms with E-state index < -0.39 is 5.91 Å². The molecule has 0 radical (unpaired) electrons. The van der Waals surface area contributed by atoms with Crippen LogP contribution in [0.15, 0.2) is 22.6 Å². The van der Waals surface area contributed by atoms with Gasteiger partial charge in [-0.25, -0.2) is 5.43 Å². The highest BCUT2D eigenvalue weighted by Gasteiger charge is 2.07. The summed E-state index contributed by atoms with van der Waals surface area (Å²) in [6.45, 7) is 0.810. The molecule has 0 aliphatic rings. The van der Waals surface area contributed by atoms with E-state index in [2.05, 4.69) is 15.8 Å². The highest BCUT2D eigenvalue weighted by Crippen LogP contribution is 2.03. The van der Waals surface area contributed by atoms with Gasteiger partial charge in [-0.15, -0.1) is 11.3 Å². The molecule has 0 aromatic carbocycles. The van der Waals surface area contributed by atoms with Crippen molar-refractivity contribution in [1.82, 2.24) is 10.7 Å². The molecule has 0 saturated carbocycles. The predicted octanol–water partition coefficient (Wildman–Crippen LogP) is 0.351. The lowest BCUT2D eigenvalue weighted by atomic mass is 10.4. The van der Waals surface area contributed by atoms with Crippen molar-refractivity contribution in [3.8, 4) is 0 Å². The van der Waals surface area contributed by atoms with Crippen molar-refractivity contribution >= 4 is 29.4 Å². The molecule has 0 unspecified atom stereocenters. The molecule has 0 aliphatic heterocycles. The summed E-state index contributed by atoms with van der Waals surface area (Å²) in [6.07, 6.45) is 1.29. The minimum atomic E-state index is -0.447. The average molecular weight is 269 g/mol. The molecule has 6 nitrogen and oxygen atoms in total. The number of carbonyl (C=O) groups excluding carboxylic acids is 2. The zero-order valence-corrected chi connectivity index (χ0v) is 10.8. The number of carbonyl (C=O) groups is 2. The number of hydrogen-bond donors (Lipinski definition) is 2. The minimum Gasteiger partial charge on any atom is -0.383 e. The number of methoxy groups -OCH3 is 1. The summed E-state index contributed by atoms with van der Waals surface area (Å²) < 4.78 is 4.77. The Morgan fingerprint density at radius 2 is 2.33 bits per heavy atom. The van der Waals surface area contributed by atoms with Crippen molar-refractivity contribution in [2.24, 2.45) is 5.10 Å². The smallest absolute Gasteiger partial charge is 0.249 e. The Morgan fingerprint density at radius 3 is 3.00 bits per heavy atom. The molecular weight excluding hydrogens is 254 g/mol. The van der Waals surface area contributed by atoms with Gasteiger partial charge >= 0.3 is 0 Å². The van der Waals surface area contributed by atoms with Gasteiger partial charge in [0.2, 0.25) is 11.8 Å². The van der Waals surface area contributed by atoms with Crippen LogP contribution in [0.1, 0.15) is 11.3 Å². The quantitative estimate of drug-likeness (QED) is 0.324. The van der Waals surface area contributed by atoms with Crippen LogP contribution in [-0.2, 0) is 14.3 Å². The SMILES string of the molecule is COCCNC(=O)CC(=O)N/N=C\c1cccs1. The molecule has 1 rings (SSSR count). The molecule has 1 aromatic heterocycles. The van der Waals surface area contributed by atoms with Gasteiger partial charge in [-0.3, -0.25) is 9.59 Å². The summed E-state index contributed by atoms with van der Waals surface area (Å²) in [5.41, 5.74) is 2.29. The first-order valence-electron chi connectivity index (χ1n) is 5.33. The van der Waals surface area contributed by atoms with Crippen molar-refractivity contribution in [3.63, 3.8) is 0 Å². The zero-order valence-electron chi connectivity index (χ0n) is 10.0. The maximum absolute atomic E-state index is 11.3. The molecule has 0 fully saturated rings. The second-order valence-electron chi connectivity index (χ2n) is 3.33. The van der Waals surface area contributed by atoms with Gasteiger partial charge in [0.15, 0.2) is 0 Å². The maximum atomic E-state index is 11.3. The van der Waals surface area contributed by atoms with Gasteiger partial charge in [-0.2, -0.15) is 5.10 Å². The van der Waals surface area contributed by atoms with Crippen LogP contribution in [0.5, 0.6) is 0 Å². The molecule has 2 N–H and O–H groups in total. The molecule has 0 bridgehead atoms. The van der Waals surface area contributed by atoms with Crippen LogP contribution < -0.4 is 10.7 Å². The highest BCUT2D eigenvalue weighted by molar-refractivity contribution is 7.11. The molecule has 7 heteroatoms. The Bertz CT molecular complexity index is 404. The summed E-state index contributed by atoms with van der Waals surface area (Å²) in [4.78, 5) is 23.5. The molecule has 0 aliphatic carbocycles. The fourth-order valence-electron chi connectivity index (χ4n) is 1.07. The lowest BCUT2D eigenvalue weighted by Crippen LogP contribution is -2.31. The third-order valence-electron chi connectivity index (χ3n) is 1.87. The van der Waals surface area contributed by atoms with Gasteiger partial charge in [0.05, 0.1) is 12.8 Å². The Morgan fingerprint density at radius 1 is 1.50 bits per heavy atom. The highest BCUT2D eigenvalue weighted by atomic mass is 32.1. The molecule has 0 saturated heterocycles. The van der Waals surface area contributed by atoms with Gasteiger partial charge in [0.1, 0.15) is 6.42 Å². The Labute approximate surface area is 109 Å². The van der Waals surface area contributed by atoms with Crippen LogP contribution in [0, 0.1) is 0 Å². The molecule has 18 heavy (non-hydrogen) atoms. The molecule has 98 valence electrons. The van der Waals surface area contributed by atoms with Crippen molar-refractivity contribution < 1.29 is 14.3 Å². The Hall–Kier alpha value is -1.73.